The van der Waals surface area contributed by atoms with Crippen LogP contribution in [0.5, 0.6) is 0 Å². The molecule has 1 aliphatic heterocycles. The second-order valence-electron chi connectivity index (χ2n) is 7.47. The molecule has 0 bridgehead atoms. The zero-order chi connectivity index (χ0) is 17.1. The molecule has 2 aromatic heterocycles. The van der Waals surface area contributed by atoms with Crippen molar-refractivity contribution in [2.24, 2.45) is 5.92 Å². The Bertz CT molecular complexity index is 1000. The lowest BCUT2D eigenvalue weighted by Gasteiger charge is -2.22. The van der Waals surface area contributed by atoms with Crippen LogP contribution in [-0.4, -0.2) is 21.3 Å². The number of anilines is 1. The molecule has 3 aromatic rings. The van der Waals surface area contributed by atoms with Crippen molar-refractivity contribution in [2.75, 3.05) is 4.90 Å². The van der Waals surface area contributed by atoms with Crippen LogP contribution in [0.15, 0.2) is 42.7 Å². The molecule has 25 heavy (non-hydrogen) atoms. The normalized spacial score (nSPS) is 19.4. The molecule has 4 heteroatoms. The third-order valence-electron chi connectivity index (χ3n) is 5.37. The highest BCUT2D eigenvalue weighted by molar-refractivity contribution is 5.99. The van der Waals surface area contributed by atoms with Gasteiger partial charge >= 0.3 is 0 Å². The predicted octanol–water partition coefficient (Wildman–Crippen LogP) is 4.00. The molecule has 126 valence electrons. The smallest absolute Gasteiger partial charge is 0.230 e. The monoisotopic (exact) mass is 331 g/mol. The Morgan fingerprint density at radius 3 is 2.84 bits per heavy atom. The standard InChI is InChI=1S/C21H21N3O/c1-13-7-8-23-12-18(22-20(23)9-13)16-5-6-19-17(11-16)10-14(2)24(19)21(25)15-3-4-15/h5-9,11-12,14-15H,3-4,10H2,1-2H3/t14-/m1/s1. The third-order valence-corrected chi connectivity index (χ3v) is 5.37. The minimum atomic E-state index is 0.252. The average molecular weight is 331 g/mol. The number of nitrogens with zero attached hydrogens (tertiary/aromatic N) is 3. The SMILES string of the molecule is Cc1ccn2cc(-c3ccc4c(c3)C[C@@H](C)N4C(=O)C3CC3)nc2c1. The molecule has 0 unspecified atom stereocenters. The van der Waals surface area contributed by atoms with Gasteiger partial charge in [-0.25, -0.2) is 4.98 Å². The summed E-state index contributed by atoms with van der Waals surface area (Å²) < 4.78 is 2.06. The Labute approximate surface area is 147 Å². The molecule has 2 aliphatic rings. The zero-order valence-corrected chi connectivity index (χ0v) is 14.6. The van der Waals surface area contributed by atoms with Gasteiger partial charge in [-0.3, -0.25) is 4.79 Å². The van der Waals surface area contributed by atoms with Crippen molar-refractivity contribution < 1.29 is 4.79 Å². The molecule has 0 saturated heterocycles. The number of aromatic nitrogens is 2. The van der Waals surface area contributed by atoms with Crippen LogP contribution in [0.4, 0.5) is 5.69 Å². The number of fused-ring (bicyclic) bond motifs is 2. The highest BCUT2D eigenvalue weighted by atomic mass is 16.2. The highest BCUT2D eigenvalue weighted by Gasteiger charge is 2.39. The van der Waals surface area contributed by atoms with Crippen molar-refractivity contribution in [2.45, 2.75) is 39.2 Å². The van der Waals surface area contributed by atoms with E-state index >= 15 is 0 Å². The van der Waals surface area contributed by atoms with E-state index in [1.165, 1.54) is 11.1 Å². The first-order valence-corrected chi connectivity index (χ1v) is 9.02. The Morgan fingerprint density at radius 1 is 1.20 bits per heavy atom. The van der Waals surface area contributed by atoms with Crippen LogP contribution < -0.4 is 4.90 Å². The summed E-state index contributed by atoms with van der Waals surface area (Å²) in [6.45, 7) is 4.23. The van der Waals surface area contributed by atoms with Crippen molar-refractivity contribution in [3.05, 3.63) is 53.9 Å². The summed E-state index contributed by atoms with van der Waals surface area (Å²) in [5, 5.41) is 0. The number of carbonyl (C=O) groups is 1. The number of imidazole rings is 1. The first-order valence-electron chi connectivity index (χ1n) is 9.02. The first kappa shape index (κ1) is 14.7. The second kappa shape index (κ2) is 5.19. The largest absolute Gasteiger partial charge is 0.309 e. The summed E-state index contributed by atoms with van der Waals surface area (Å²) in [5.41, 5.74) is 6.62. The number of benzene rings is 1. The quantitative estimate of drug-likeness (QED) is 0.712. The van der Waals surface area contributed by atoms with Gasteiger partial charge in [0.05, 0.1) is 5.69 Å². The Hall–Kier alpha value is -2.62. The summed E-state index contributed by atoms with van der Waals surface area (Å²) in [4.78, 5) is 19.4. The summed E-state index contributed by atoms with van der Waals surface area (Å²) in [6.07, 6.45) is 7.15. The van der Waals surface area contributed by atoms with Gasteiger partial charge < -0.3 is 9.30 Å². The van der Waals surface area contributed by atoms with Crippen LogP contribution in [0.1, 0.15) is 30.9 Å². The van der Waals surface area contributed by atoms with E-state index in [0.29, 0.717) is 5.91 Å². The lowest BCUT2D eigenvalue weighted by molar-refractivity contribution is -0.120. The van der Waals surface area contributed by atoms with E-state index in [1.807, 2.05) is 11.1 Å². The molecule has 1 saturated carbocycles. The lowest BCUT2D eigenvalue weighted by atomic mass is 10.1. The van der Waals surface area contributed by atoms with Crippen LogP contribution in [-0.2, 0) is 11.2 Å². The number of rotatable bonds is 2. The molecule has 0 N–H and O–H groups in total. The number of amides is 1. The highest BCUT2D eigenvalue weighted by Crippen LogP contribution is 2.40. The molecule has 1 atom stereocenters. The van der Waals surface area contributed by atoms with Crippen LogP contribution in [0.3, 0.4) is 0 Å². The predicted molar refractivity (Wildman–Crippen MR) is 98.7 cm³/mol. The van der Waals surface area contributed by atoms with Crippen LogP contribution >= 0.6 is 0 Å². The Morgan fingerprint density at radius 2 is 2.04 bits per heavy atom. The van der Waals surface area contributed by atoms with Gasteiger partial charge in [0.2, 0.25) is 5.91 Å². The van der Waals surface area contributed by atoms with Crippen molar-refractivity contribution in [1.82, 2.24) is 9.38 Å². The number of hydrogen-bond donors (Lipinski definition) is 0. The number of pyridine rings is 1. The van der Waals surface area contributed by atoms with Gasteiger partial charge in [-0.1, -0.05) is 6.07 Å². The fraction of sp³-hybridized carbons (Fsp3) is 0.333. The van der Waals surface area contributed by atoms with Crippen LogP contribution in [0.25, 0.3) is 16.9 Å². The van der Waals surface area contributed by atoms with Crippen molar-refractivity contribution in [3.8, 4) is 11.3 Å². The minimum absolute atomic E-state index is 0.252. The number of aryl methyl sites for hydroxylation is 1. The molecule has 3 heterocycles. The van der Waals surface area contributed by atoms with Gasteiger partial charge in [0.15, 0.2) is 0 Å². The molecule has 5 rings (SSSR count). The molecule has 1 aliphatic carbocycles. The van der Waals surface area contributed by atoms with E-state index in [2.05, 4.69) is 54.8 Å². The van der Waals surface area contributed by atoms with Crippen LogP contribution in [0, 0.1) is 12.8 Å². The maximum Gasteiger partial charge on any atom is 0.230 e. The maximum absolute atomic E-state index is 12.6. The van der Waals surface area contributed by atoms with Gasteiger partial charge in [-0.2, -0.15) is 0 Å². The van der Waals surface area contributed by atoms with E-state index in [-0.39, 0.29) is 12.0 Å². The lowest BCUT2D eigenvalue weighted by Crippen LogP contribution is -2.36. The topological polar surface area (TPSA) is 37.6 Å². The molecule has 0 radical (unpaired) electrons. The fourth-order valence-electron chi connectivity index (χ4n) is 3.88. The van der Waals surface area contributed by atoms with E-state index < -0.39 is 0 Å². The van der Waals surface area contributed by atoms with Crippen molar-refractivity contribution in [3.63, 3.8) is 0 Å². The molecule has 1 aromatic carbocycles. The Balaban J connectivity index is 1.54. The average Bonchev–Trinajstić information content (AvgIpc) is 3.27. The van der Waals surface area contributed by atoms with Crippen LogP contribution in [0.2, 0.25) is 0 Å². The summed E-state index contributed by atoms with van der Waals surface area (Å²) >= 11 is 0. The van der Waals surface area contributed by atoms with E-state index in [0.717, 1.165) is 41.9 Å². The second-order valence-corrected chi connectivity index (χ2v) is 7.47. The van der Waals surface area contributed by atoms with E-state index in [4.69, 9.17) is 4.98 Å². The molecule has 4 nitrogen and oxygen atoms in total. The molecular formula is C21H21N3O. The van der Waals surface area contributed by atoms with E-state index in [1.54, 1.807) is 0 Å². The fourth-order valence-corrected chi connectivity index (χ4v) is 3.88. The van der Waals surface area contributed by atoms with Gasteiger partial charge in [0, 0.05) is 35.6 Å². The summed E-state index contributed by atoms with van der Waals surface area (Å²) in [5.74, 6) is 0.567. The van der Waals surface area contributed by atoms with Crippen molar-refractivity contribution >= 4 is 17.2 Å². The molecule has 0 spiro atoms. The Kier molecular flexibility index (Phi) is 3.05. The third kappa shape index (κ3) is 2.36. The summed E-state index contributed by atoms with van der Waals surface area (Å²) in [6, 6.07) is 10.8. The molecular weight excluding hydrogens is 310 g/mol. The minimum Gasteiger partial charge on any atom is -0.309 e. The van der Waals surface area contributed by atoms with E-state index in [9.17, 15) is 4.79 Å². The summed E-state index contributed by atoms with van der Waals surface area (Å²) in [7, 11) is 0. The zero-order valence-electron chi connectivity index (χ0n) is 14.6. The van der Waals surface area contributed by atoms with Gasteiger partial charge in [0.25, 0.3) is 0 Å². The molecule has 1 amide bonds. The maximum atomic E-state index is 12.6. The number of hydrogen-bond acceptors (Lipinski definition) is 2. The number of carbonyl (C=O) groups excluding carboxylic acids is 1. The van der Waals surface area contributed by atoms with Gasteiger partial charge in [-0.15, -0.1) is 0 Å². The van der Waals surface area contributed by atoms with Gasteiger partial charge in [-0.05, 0) is 68.5 Å². The van der Waals surface area contributed by atoms with Gasteiger partial charge in [0.1, 0.15) is 5.65 Å². The first-order chi connectivity index (χ1) is 12.1. The molecule has 1 fully saturated rings. The van der Waals surface area contributed by atoms with Crippen molar-refractivity contribution in [1.29, 1.82) is 0 Å².